The smallest absolute Gasteiger partial charge is 0.240 e. The number of thiazole rings is 1. The lowest BCUT2D eigenvalue weighted by molar-refractivity contribution is 0.104. The van der Waals surface area contributed by atoms with Crippen molar-refractivity contribution in [1.82, 2.24) is 9.71 Å². The summed E-state index contributed by atoms with van der Waals surface area (Å²) >= 11 is 1.38. The summed E-state index contributed by atoms with van der Waals surface area (Å²) < 4.78 is 27.0. The van der Waals surface area contributed by atoms with E-state index in [1.807, 2.05) is 38.1 Å². The lowest BCUT2D eigenvalue weighted by atomic mass is 10.0. The number of benzene rings is 2. The largest absolute Gasteiger partial charge is 0.361 e. The number of aromatic nitrogens is 1. The van der Waals surface area contributed by atoms with Crippen LogP contribution in [0.3, 0.4) is 0 Å². The van der Waals surface area contributed by atoms with Gasteiger partial charge in [-0.3, -0.25) is 4.79 Å². The highest BCUT2D eigenvalue weighted by molar-refractivity contribution is 7.89. The maximum absolute atomic E-state index is 12.8. The van der Waals surface area contributed by atoms with Gasteiger partial charge in [-0.25, -0.2) is 18.1 Å². The fourth-order valence-corrected chi connectivity index (χ4v) is 5.19. The Hall–Kier alpha value is -2.55. The molecule has 0 aliphatic rings. The van der Waals surface area contributed by atoms with Crippen molar-refractivity contribution in [1.29, 1.82) is 0 Å². The summed E-state index contributed by atoms with van der Waals surface area (Å²) in [6, 6.07) is 15.9. The van der Waals surface area contributed by atoms with Crippen molar-refractivity contribution in [2.75, 3.05) is 18.4 Å². The quantitative estimate of drug-likeness (QED) is 0.326. The van der Waals surface area contributed by atoms with Crippen molar-refractivity contribution in [2.24, 2.45) is 0 Å². The molecule has 8 heteroatoms. The zero-order valence-electron chi connectivity index (χ0n) is 17.7. The molecule has 1 aromatic heterocycles. The minimum atomic E-state index is -3.44. The van der Waals surface area contributed by atoms with Gasteiger partial charge in [-0.15, -0.1) is 0 Å². The van der Waals surface area contributed by atoms with Gasteiger partial charge in [0.15, 0.2) is 5.13 Å². The van der Waals surface area contributed by atoms with Crippen LogP contribution in [0.25, 0.3) is 0 Å². The topological polar surface area (TPSA) is 88.2 Å². The maximum Gasteiger partial charge on any atom is 0.240 e. The van der Waals surface area contributed by atoms with E-state index in [1.54, 1.807) is 30.3 Å². The van der Waals surface area contributed by atoms with Crippen molar-refractivity contribution >= 4 is 32.3 Å². The van der Waals surface area contributed by atoms with Crippen molar-refractivity contribution in [3.8, 4) is 0 Å². The number of hydrogen-bond donors (Lipinski definition) is 2. The molecular weight excluding hydrogens is 430 g/mol. The molecule has 2 N–H and O–H groups in total. The predicted octanol–water partition coefficient (Wildman–Crippen LogP) is 4.55. The monoisotopic (exact) mass is 457 g/mol. The van der Waals surface area contributed by atoms with Crippen LogP contribution in [0, 0.1) is 13.8 Å². The zero-order chi connectivity index (χ0) is 22.3. The van der Waals surface area contributed by atoms with Crippen molar-refractivity contribution in [3.63, 3.8) is 0 Å². The number of hydrogen-bond acceptors (Lipinski definition) is 6. The van der Waals surface area contributed by atoms with E-state index in [2.05, 4.69) is 15.0 Å². The number of ketones is 1. The fraction of sp³-hybridized carbons (Fsp3) is 0.304. The van der Waals surface area contributed by atoms with Crippen LogP contribution in [-0.2, 0) is 10.0 Å². The number of nitrogens with zero attached hydrogens (tertiary/aromatic N) is 1. The summed E-state index contributed by atoms with van der Waals surface area (Å²) in [4.78, 5) is 18.2. The highest BCUT2D eigenvalue weighted by atomic mass is 32.2. The molecule has 0 saturated carbocycles. The first-order valence-corrected chi connectivity index (χ1v) is 12.5. The van der Waals surface area contributed by atoms with E-state index in [0.717, 1.165) is 42.2 Å². The summed E-state index contributed by atoms with van der Waals surface area (Å²) in [7, 11) is -3.44. The lowest BCUT2D eigenvalue weighted by Crippen LogP contribution is -2.24. The Labute approximate surface area is 187 Å². The van der Waals surface area contributed by atoms with Crippen LogP contribution in [0.4, 0.5) is 5.13 Å². The lowest BCUT2D eigenvalue weighted by Gasteiger charge is -2.07. The molecule has 3 rings (SSSR count). The van der Waals surface area contributed by atoms with Crippen LogP contribution in [0.5, 0.6) is 0 Å². The zero-order valence-corrected chi connectivity index (χ0v) is 19.4. The molecule has 0 unspecified atom stereocenters. The number of unbranched alkanes of at least 4 members (excludes halogenated alkanes) is 2. The number of sulfonamides is 1. The molecule has 31 heavy (non-hydrogen) atoms. The highest BCUT2D eigenvalue weighted by Crippen LogP contribution is 2.26. The molecule has 0 aliphatic heterocycles. The summed E-state index contributed by atoms with van der Waals surface area (Å²) in [5.74, 6) is 0.00634. The molecule has 1 heterocycles. The van der Waals surface area contributed by atoms with Gasteiger partial charge in [0, 0.05) is 18.7 Å². The minimum Gasteiger partial charge on any atom is -0.361 e. The fourth-order valence-electron chi connectivity index (χ4n) is 3.14. The normalized spacial score (nSPS) is 11.4. The first kappa shape index (κ1) is 23.1. The Kier molecular flexibility index (Phi) is 7.95. The molecule has 164 valence electrons. The van der Waals surface area contributed by atoms with Crippen LogP contribution >= 0.6 is 11.3 Å². The molecule has 0 spiro atoms. The molecule has 0 saturated heterocycles. The molecule has 0 bridgehead atoms. The molecule has 0 radical (unpaired) electrons. The SMILES string of the molecule is Cc1ccccc1C(=O)c1sc(NCCCCCNS(=O)(=O)c2ccccc2)nc1C. The number of carbonyl (C=O) groups excluding carboxylic acids is 1. The maximum atomic E-state index is 12.8. The van der Waals surface area contributed by atoms with Crippen LogP contribution < -0.4 is 10.0 Å². The van der Waals surface area contributed by atoms with Gasteiger partial charge >= 0.3 is 0 Å². The molecule has 0 atom stereocenters. The van der Waals surface area contributed by atoms with E-state index >= 15 is 0 Å². The Morgan fingerprint density at radius 3 is 2.35 bits per heavy atom. The Bertz CT molecular complexity index is 1130. The van der Waals surface area contributed by atoms with Gasteiger partial charge in [-0.1, -0.05) is 60.2 Å². The third kappa shape index (κ3) is 6.22. The number of carbonyl (C=O) groups is 1. The second kappa shape index (κ2) is 10.7. The first-order chi connectivity index (χ1) is 14.9. The third-order valence-corrected chi connectivity index (χ3v) is 7.46. The van der Waals surface area contributed by atoms with E-state index in [0.29, 0.717) is 17.0 Å². The summed E-state index contributed by atoms with van der Waals surface area (Å²) in [5.41, 5.74) is 2.40. The highest BCUT2D eigenvalue weighted by Gasteiger charge is 2.18. The van der Waals surface area contributed by atoms with Crippen molar-refractivity contribution in [2.45, 2.75) is 38.0 Å². The number of nitrogens with one attached hydrogen (secondary N) is 2. The molecule has 0 fully saturated rings. The van der Waals surface area contributed by atoms with Gasteiger partial charge in [0.05, 0.1) is 15.5 Å². The van der Waals surface area contributed by atoms with Crippen LogP contribution in [0.1, 0.15) is 45.8 Å². The summed E-state index contributed by atoms with van der Waals surface area (Å²) in [6.45, 7) is 4.91. The van der Waals surface area contributed by atoms with Gasteiger partial charge in [0.1, 0.15) is 0 Å². The van der Waals surface area contributed by atoms with Gasteiger partial charge in [0.25, 0.3) is 0 Å². The van der Waals surface area contributed by atoms with Crippen molar-refractivity contribution < 1.29 is 13.2 Å². The molecule has 3 aromatic rings. The summed E-state index contributed by atoms with van der Waals surface area (Å²) in [6.07, 6.45) is 2.51. The molecule has 0 aliphatic carbocycles. The average molecular weight is 458 g/mol. The van der Waals surface area contributed by atoms with E-state index in [4.69, 9.17) is 0 Å². The standard InChI is InChI=1S/C23H27N3O3S2/c1-17-11-7-8-14-20(17)21(27)22-18(2)26-23(30-22)24-15-9-4-10-16-25-31(28,29)19-12-5-3-6-13-19/h3,5-8,11-14,25H,4,9-10,15-16H2,1-2H3,(H,24,26). The van der Waals surface area contributed by atoms with E-state index in [-0.39, 0.29) is 10.7 Å². The number of rotatable bonds is 11. The van der Waals surface area contributed by atoms with E-state index < -0.39 is 10.0 Å². The van der Waals surface area contributed by atoms with Crippen molar-refractivity contribution in [3.05, 3.63) is 76.3 Å². The number of anilines is 1. The van der Waals surface area contributed by atoms with Gasteiger partial charge < -0.3 is 5.32 Å². The summed E-state index contributed by atoms with van der Waals surface area (Å²) in [5, 5.41) is 4.01. The second-order valence-corrected chi connectivity index (χ2v) is 10.0. The van der Waals surface area contributed by atoms with Gasteiger partial charge in [-0.2, -0.15) is 0 Å². The van der Waals surface area contributed by atoms with Gasteiger partial charge in [-0.05, 0) is 44.4 Å². The molecule has 6 nitrogen and oxygen atoms in total. The Morgan fingerprint density at radius 2 is 1.61 bits per heavy atom. The molecule has 0 amide bonds. The van der Waals surface area contributed by atoms with E-state index in [9.17, 15) is 13.2 Å². The predicted molar refractivity (Wildman–Crippen MR) is 125 cm³/mol. The number of aryl methyl sites for hydroxylation is 2. The minimum absolute atomic E-state index is 0.00634. The van der Waals surface area contributed by atoms with E-state index in [1.165, 1.54) is 11.3 Å². The molecule has 2 aromatic carbocycles. The second-order valence-electron chi connectivity index (χ2n) is 7.28. The first-order valence-electron chi connectivity index (χ1n) is 10.2. The van der Waals surface area contributed by atoms with Crippen LogP contribution in [-0.4, -0.2) is 32.3 Å². The average Bonchev–Trinajstić information content (AvgIpc) is 3.14. The third-order valence-electron chi connectivity index (χ3n) is 4.87. The molecular formula is C23H27N3O3S2. The Morgan fingerprint density at radius 1 is 0.935 bits per heavy atom. The van der Waals surface area contributed by atoms with Gasteiger partial charge in [0.2, 0.25) is 15.8 Å². The van der Waals surface area contributed by atoms with Crippen LogP contribution in [0.2, 0.25) is 0 Å². The van der Waals surface area contributed by atoms with Crippen LogP contribution in [0.15, 0.2) is 59.5 Å². The Balaban J connectivity index is 1.41.